The van der Waals surface area contributed by atoms with Crippen LogP contribution < -0.4 is 9.47 Å². The van der Waals surface area contributed by atoms with E-state index in [0.29, 0.717) is 52.6 Å². The first-order valence-corrected chi connectivity index (χ1v) is 17.9. The van der Waals surface area contributed by atoms with Crippen LogP contribution in [0.4, 0.5) is 4.39 Å². The Hall–Kier alpha value is -4.73. The molecule has 276 valence electrons. The highest BCUT2D eigenvalue weighted by atomic mass is 19.1. The predicted molar refractivity (Wildman–Crippen MR) is 187 cm³/mol. The Kier molecular flexibility index (Phi) is 8.16. The van der Waals surface area contributed by atoms with Crippen LogP contribution in [-0.2, 0) is 21.3 Å². The monoisotopic (exact) mass is 725 g/mol. The number of nitrogens with one attached hydrogen (secondary N) is 1. The Morgan fingerprint density at radius 3 is 2.72 bits per heavy atom. The number of piperidine rings is 1. The summed E-state index contributed by atoms with van der Waals surface area (Å²) < 4.78 is 38.4. The maximum absolute atomic E-state index is 14.6. The van der Waals surface area contributed by atoms with Crippen molar-refractivity contribution in [2.45, 2.75) is 56.1 Å². The number of ether oxygens (including phenoxy) is 4. The molecule has 9 rings (SSSR count). The molecule has 0 radical (unpaired) electrons. The second kappa shape index (κ2) is 12.7. The molecule has 2 saturated heterocycles. The highest BCUT2D eigenvalue weighted by Crippen LogP contribution is 2.63. The van der Waals surface area contributed by atoms with Gasteiger partial charge in [-0.3, -0.25) is 4.79 Å². The first-order chi connectivity index (χ1) is 25.6. The number of rotatable bonds is 9. The van der Waals surface area contributed by atoms with E-state index >= 15 is 0 Å². The number of aromatic hydroxyl groups is 1. The van der Waals surface area contributed by atoms with Crippen LogP contribution in [0, 0.1) is 17.2 Å². The molecule has 0 saturated carbocycles. The first-order valence-electron chi connectivity index (χ1n) is 17.9. The molecular weight excluding hydrogens is 685 g/mol. The van der Waals surface area contributed by atoms with Gasteiger partial charge < -0.3 is 44.2 Å². The van der Waals surface area contributed by atoms with Crippen molar-refractivity contribution in [2.24, 2.45) is 11.3 Å². The van der Waals surface area contributed by atoms with Gasteiger partial charge in [0.1, 0.15) is 18.0 Å². The molecule has 5 aliphatic rings. The van der Waals surface area contributed by atoms with Crippen molar-refractivity contribution >= 4 is 5.78 Å². The van der Waals surface area contributed by atoms with Crippen LogP contribution in [0.3, 0.4) is 0 Å². The van der Waals surface area contributed by atoms with Crippen molar-refractivity contribution in [3.8, 4) is 40.2 Å². The number of carbonyl (C=O) groups excluding carboxylic acids is 1. The summed E-state index contributed by atoms with van der Waals surface area (Å²) in [6, 6.07) is 9.33. The van der Waals surface area contributed by atoms with E-state index in [-0.39, 0.29) is 55.9 Å². The van der Waals surface area contributed by atoms with E-state index in [1.807, 2.05) is 0 Å². The van der Waals surface area contributed by atoms with Gasteiger partial charge in [0.15, 0.2) is 23.1 Å². The number of halogens is 1. The van der Waals surface area contributed by atoms with Gasteiger partial charge in [-0.25, -0.2) is 14.4 Å². The van der Waals surface area contributed by atoms with E-state index in [9.17, 15) is 19.4 Å². The highest BCUT2D eigenvalue weighted by molar-refractivity contribution is 6.03. The molecule has 5 atom stereocenters. The van der Waals surface area contributed by atoms with E-state index in [1.54, 1.807) is 37.4 Å². The van der Waals surface area contributed by atoms with Crippen molar-refractivity contribution in [1.29, 1.82) is 0 Å². The molecule has 2 aromatic carbocycles. The molecule has 14 heteroatoms. The zero-order chi connectivity index (χ0) is 36.6. The standard InChI is InChI=1S/C39H40FN5O8/c1-38(33(49)23-17-28(48)32-29-22(23)16-26-24-8-9-27(47)34(53-32)39(24,29)11-13-45(26)2)18-51-36(52-19-38)35-43-30(20-4-6-21(40)7-5-20)31(44-35)25-10-12-41-37(42-25)50-15-3-14-46/h4-10,12,17,24,26-27,34,36,46-48H,3,11,13-16,18-19H2,1-2H3,(H,43,44)/t24-,26+,27-,34-,36?,38?,39-/m0/s1. The molecule has 1 spiro atoms. The third-order valence-electron chi connectivity index (χ3n) is 11.7. The highest BCUT2D eigenvalue weighted by Gasteiger charge is 2.65. The normalized spacial score (nSPS) is 29.8. The van der Waals surface area contributed by atoms with Crippen LogP contribution in [0.15, 0.2) is 54.7 Å². The number of aliphatic hydroxyl groups is 2. The van der Waals surface area contributed by atoms with Gasteiger partial charge in [-0.1, -0.05) is 12.2 Å². The molecule has 2 aromatic heterocycles. The summed E-state index contributed by atoms with van der Waals surface area (Å²) in [6.07, 6.45) is 4.87. The SMILES string of the molecule is CN1CC[C@]23c4c5c(C(=O)C6(C)COC(c7nc(-c8ccc(F)cc8)c(-c8ccnc(OCCCO)n8)[nH]7)OC6)cc(O)c4O[C@H]2[C@@H](O)C=C[C@H]3[C@H]1C5. The molecule has 2 bridgehead atoms. The average molecular weight is 726 g/mol. The fraction of sp³-hybridized carbons (Fsp3) is 0.436. The molecule has 3 aliphatic heterocycles. The maximum atomic E-state index is 14.6. The van der Waals surface area contributed by atoms with E-state index in [1.165, 1.54) is 18.2 Å². The first kappa shape index (κ1) is 34.1. The second-order valence-corrected chi connectivity index (χ2v) is 15.0. The Morgan fingerprint density at radius 2 is 1.94 bits per heavy atom. The Bertz CT molecular complexity index is 2120. The lowest BCUT2D eigenvalue weighted by Gasteiger charge is -2.56. The number of likely N-dealkylation sites (tertiary alicyclic amines) is 1. The lowest BCUT2D eigenvalue weighted by atomic mass is 9.52. The van der Waals surface area contributed by atoms with Crippen molar-refractivity contribution in [2.75, 3.05) is 40.0 Å². The number of aromatic nitrogens is 4. The summed E-state index contributed by atoms with van der Waals surface area (Å²) in [5.74, 6) is 0.0664. The summed E-state index contributed by atoms with van der Waals surface area (Å²) in [6.45, 7) is 2.82. The van der Waals surface area contributed by atoms with Crippen molar-refractivity contribution < 1.29 is 43.5 Å². The molecule has 4 N–H and O–H groups in total. The van der Waals surface area contributed by atoms with Crippen LogP contribution in [0.5, 0.6) is 17.5 Å². The quantitative estimate of drug-likeness (QED) is 0.112. The molecule has 2 aliphatic carbocycles. The van der Waals surface area contributed by atoms with Gasteiger partial charge >= 0.3 is 6.01 Å². The number of likely N-dealkylation sites (N-methyl/N-ethyl adjacent to an activating group) is 1. The van der Waals surface area contributed by atoms with Gasteiger partial charge in [-0.05, 0) is 75.3 Å². The smallest absolute Gasteiger partial charge is 0.316 e. The molecule has 13 nitrogen and oxygen atoms in total. The minimum Gasteiger partial charge on any atom is -0.504 e. The van der Waals surface area contributed by atoms with Gasteiger partial charge in [0.25, 0.3) is 0 Å². The molecule has 0 amide bonds. The van der Waals surface area contributed by atoms with E-state index < -0.39 is 35.1 Å². The molecule has 5 heterocycles. The van der Waals surface area contributed by atoms with E-state index in [4.69, 9.17) is 29.0 Å². The summed E-state index contributed by atoms with van der Waals surface area (Å²) in [5.41, 5.74) is 2.54. The number of ketones is 1. The summed E-state index contributed by atoms with van der Waals surface area (Å²) in [4.78, 5) is 33.7. The van der Waals surface area contributed by atoms with Crippen molar-refractivity contribution in [3.05, 3.63) is 83.1 Å². The average Bonchev–Trinajstić information content (AvgIpc) is 3.76. The number of aliphatic hydroxyl groups excluding tert-OH is 2. The van der Waals surface area contributed by atoms with Crippen LogP contribution in [0.25, 0.3) is 22.6 Å². The van der Waals surface area contributed by atoms with Gasteiger partial charge in [-0.15, -0.1) is 0 Å². The zero-order valence-corrected chi connectivity index (χ0v) is 29.3. The third-order valence-corrected chi connectivity index (χ3v) is 11.7. The van der Waals surface area contributed by atoms with Gasteiger partial charge in [0.05, 0.1) is 42.3 Å². The van der Waals surface area contributed by atoms with Gasteiger partial charge in [0.2, 0.25) is 6.29 Å². The van der Waals surface area contributed by atoms with Crippen molar-refractivity contribution in [1.82, 2.24) is 24.8 Å². The van der Waals surface area contributed by atoms with Crippen LogP contribution in [0.1, 0.15) is 53.4 Å². The number of Topliss-reactive ketones (excluding diaryl/α,β-unsaturated/α-hetero) is 1. The number of phenolic OH excluding ortho intramolecular Hbond substituents is 1. The molecule has 53 heavy (non-hydrogen) atoms. The number of imidazole rings is 1. The fourth-order valence-corrected chi connectivity index (χ4v) is 9.03. The van der Waals surface area contributed by atoms with Crippen LogP contribution in [0.2, 0.25) is 0 Å². The van der Waals surface area contributed by atoms with Crippen LogP contribution >= 0.6 is 0 Å². The molecule has 0 unspecified atom stereocenters. The summed E-state index contributed by atoms with van der Waals surface area (Å²) >= 11 is 0. The minimum absolute atomic E-state index is 0.00370. The van der Waals surface area contributed by atoms with Gasteiger partial charge in [0, 0.05) is 53.3 Å². The number of H-pyrrole nitrogens is 1. The van der Waals surface area contributed by atoms with Gasteiger partial charge in [-0.2, -0.15) is 4.98 Å². The topological polar surface area (TPSA) is 172 Å². The predicted octanol–water partition coefficient (Wildman–Crippen LogP) is 3.88. The number of phenols is 1. The second-order valence-electron chi connectivity index (χ2n) is 15.0. The zero-order valence-electron chi connectivity index (χ0n) is 29.3. The minimum atomic E-state index is -1.10. The van der Waals surface area contributed by atoms with E-state index in [0.717, 1.165) is 24.1 Å². The lowest BCUT2D eigenvalue weighted by Crippen LogP contribution is -2.65. The van der Waals surface area contributed by atoms with Crippen LogP contribution in [-0.4, -0.2) is 104 Å². The molecule has 2 fully saturated rings. The Morgan fingerprint density at radius 1 is 1.15 bits per heavy atom. The Labute approximate surface area is 304 Å². The number of benzene rings is 2. The third kappa shape index (κ3) is 5.29. The van der Waals surface area contributed by atoms with Crippen molar-refractivity contribution in [3.63, 3.8) is 0 Å². The fourth-order valence-electron chi connectivity index (χ4n) is 9.03. The lowest BCUT2D eigenvalue weighted by molar-refractivity contribution is -0.221. The molecule has 4 aromatic rings. The Balaban J connectivity index is 1.01. The number of carbonyl (C=O) groups is 1. The van der Waals surface area contributed by atoms with E-state index in [2.05, 4.69) is 33.0 Å². The number of nitrogens with zero attached hydrogens (tertiary/aromatic N) is 4. The number of hydrogen-bond acceptors (Lipinski definition) is 12. The number of hydrogen-bond donors (Lipinski definition) is 4. The molecular formula is C39H40FN5O8. The largest absolute Gasteiger partial charge is 0.504 e. The maximum Gasteiger partial charge on any atom is 0.316 e. The summed E-state index contributed by atoms with van der Waals surface area (Å²) in [5, 5.41) is 31.5. The number of aromatic amines is 1. The summed E-state index contributed by atoms with van der Waals surface area (Å²) in [7, 11) is 2.09.